The Morgan fingerprint density at radius 1 is 1.30 bits per heavy atom. The van der Waals surface area contributed by atoms with Crippen LogP contribution >= 0.6 is 11.6 Å². The van der Waals surface area contributed by atoms with Gasteiger partial charge >= 0.3 is 0 Å². The first-order valence-corrected chi connectivity index (χ1v) is 8.30. The predicted octanol–water partition coefficient (Wildman–Crippen LogP) is 4.40. The van der Waals surface area contributed by atoms with Gasteiger partial charge in [-0.05, 0) is 55.2 Å². The Bertz CT molecular complexity index is 729. The molecule has 1 heterocycles. The third-order valence-corrected chi connectivity index (χ3v) is 4.63. The minimum atomic E-state index is -0.485. The molecule has 1 aliphatic heterocycles. The lowest BCUT2D eigenvalue weighted by molar-refractivity contribution is -0.125. The van der Waals surface area contributed by atoms with Crippen LogP contribution < -0.4 is 9.64 Å². The van der Waals surface area contributed by atoms with Gasteiger partial charge in [0.05, 0.1) is 0 Å². The Balaban J connectivity index is 1.78. The number of anilines is 1. The molecule has 0 N–H and O–H groups in total. The number of ether oxygens (including phenoxy) is 1. The predicted molar refractivity (Wildman–Crippen MR) is 93.4 cm³/mol. The van der Waals surface area contributed by atoms with Crippen molar-refractivity contribution in [2.45, 2.75) is 32.8 Å². The SMILES string of the molecule is CC[C@@H](Oc1ccc(Cl)c(C)c1)C(=O)N1CCc2ccccc21. The molecule has 0 aliphatic carbocycles. The fourth-order valence-electron chi connectivity index (χ4n) is 2.90. The van der Waals surface area contributed by atoms with Crippen LogP contribution in [0.4, 0.5) is 5.69 Å². The van der Waals surface area contributed by atoms with Crippen LogP contribution in [0.15, 0.2) is 42.5 Å². The largest absolute Gasteiger partial charge is 0.481 e. The molecule has 1 aliphatic rings. The molecule has 120 valence electrons. The number of hydrogen-bond donors (Lipinski definition) is 0. The summed E-state index contributed by atoms with van der Waals surface area (Å²) in [6.45, 7) is 4.61. The topological polar surface area (TPSA) is 29.5 Å². The average molecular weight is 330 g/mol. The molecule has 3 rings (SSSR count). The Kier molecular flexibility index (Phi) is 4.58. The molecule has 1 atom stereocenters. The average Bonchev–Trinajstić information content (AvgIpc) is 2.99. The summed E-state index contributed by atoms with van der Waals surface area (Å²) in [5.74, 6) is 0.699. The highest BCUT2D eigenvalue weighted by Crippen LogP contribution is 2.29. The van der Waals surface area contributed by atoms with Crippen molar-refractivity contribution in [1.82, 2.24) is 0 Å². The smallest absolute Gasteiger partial charge is 0.268 e. The van der Waals surface area contributed by atoms with Gasteiger partial charge in [0.15, 0.2) is 6.10 Å². The Labute approximate surface area is 141 Å². The first-order chi connectivity index (χ1) is 11.1. The van der Waals surface area contributed by atoms with E-state index in [2.05, 4.69) is 6.07 Å². The first kappa shape index (κ1) is 15.9. The normalized spacial score (nSPS) is 14.5. The summed E-state index contributed by atoms with van der Waals surface area (Å²) in [6.07, 6.45) is 1.04. The summed E-state index contributed by atoms with van der Waals surface area (Å²) < 4.78 is 5.94. The zero-order valence-corrected chi connectivity index (χ0v) is 14.1. The summed E-state index contributed by atoms with van der Waals surface area (Å²) >= 11 is 6.04. The van der Waals surface area contributed by atoms with Crippen molar-refractivity contribution in [2.24, 2.45) is 0 Å². The van der Waals surface area contributed by atoms with E-state index < -0.39 is 6.10 Å². The van der Waals surface area contributed by atoms with Gasteiger partial charge in [-0.1, -0.05) is 36.7 Å². The number of benzene rings is 2. The second kappa shape index (κ2) is 6.63. The molecule has 0 radical (unpaired) electrons. The van der Waals surface area contributed by atoms with Crippen molar-refractivity contribution in [3.8, 4) is 5.75 Å². The van der Waals surface area contributed by atoms with E-state index >= 15 is 0 Å². The monoisotopic (exact) mass is 329 g/mol. The molecule has 2 aromatic rings. The van der Waals surface area contributed by atoms with Gasteiger partial charge in [0.25, 0.3) is 5.91 Å². The van der Waals surface area contributed by atoms with E-state index in [1.54, 1.807) is 6.07 Å². The number of aryl methyl sites for hydroxylation is 1. The van der Waals surface area contributed by atoms with Gasteiger partial charge in [0.2, 0.25) is 0 Å². The maximum Gasteiger partial charge on any atom is 0.268 e. The molecule has 0 aromatic heterocycles. The van der Waals surface area contributed by atoms with E-state index in [4.69, 9.17) is 16.3 Å². The quantitative estimate of drug-likeness (QED) is 0.832. The maximum absolute atomic E-state index is 12.9. The molecular weight excluding hydrogens is 310 g/mol. The van der Waals surface area contributed by atoms with Gasteiger partial charge in [0, 0.05) is 17.3 Å². The number of para-hydroxylation sites is 1. The van der Waals surface area contributed by atoms with Crippen LogP contribution in [0.25, 0.3) is 0 Å². The summed E-state index contributed by atoms with van der Waals surface area (Å²) in [6, 6.07) is 13.5. The summed E-state index contributed by atoms with van der Waals surface area (Å²) in [5.41, 5.74) is 3.17. The van der Waals surface area contributed by atoms with Crippen LogP contribution in [0.1, 0.15) is 24.5 Å². The molecule has 1 amide bonds. The highest BCUT2D eigenvalue weighted by atomic mass is 35.5. The van der Waals surface area contributed by atoms with E-state index in [1.165, 1.54) is 5.56 Å². The zero-order chi connectivity index (χ0) is 16.4. The molecule has 0 saturated heterocycles. The minimum absolute atomic E-state index is 0.0186. The Hall–Kier alpha value is -2.00. The van der Waals surface area contributed by atoms with E-state index in [0.29, 0.717) is 17.2 Å². The van der Waals surface area contributed by atoms with Crippen molar-refractivity contribution in [3.05, 3.63) is 58.6 Å². The maximum atomic E-state index is 12.9. The van der Waals surface area contributed by atoms with Gasteiger partial charge < -0.3 is 9.64 Å². The molecule has 23 heavy (non-hydrogen) atoms. The van der Waals surface area contributed by atoms with Crippen LogP contribution in [0, 0.1) is 6.92 Å². The number of halogens is 1. The molecule has 0 saturated carbocycles. The number of carbonyl (C=O) groups excluding carboxylic acids is 1. The van der Waals surface area contributed by atoms with Crippen molar-refractivity contribution in [2.75, 3.05) is 11.4 Å². The lowest BCUT2D eigenvalue weighted by atomic mass is 10.1. The number of nitrogens with zero attached hydrogens (tertiary/aromatic N) is 1. The number of rotatable bonds is 4. The fourth-order valence-corrected chi connectivity index (χ4v) is 3.02. The first-order valence-electron chi connectivity index (χ1n) is 7.92. The van der Waals surface area contributed by atoms with Crippen LogP contribution in [-0.4, -0.2) is 18.6 Å². The van der Waals surface area contributed by atoms with Gasteiger partial charge in [-0.25, -0.2) is 0 Å². The fraction of sp³-hybridized carbons (Fsp3) is 0.316. The standard InChI is InChI=1S/C19H20ClNO2/c1-3-18(23-15-8-9-16(20)13(2)12-15)19(22)21-11-10-14-6-4-5-7-17(14)21/h4-9,12,18H,3,10-11H2,1-2H3/t18-/m1/s1. The second-order valence-corrected chi connectivity index (χ2v) is 6.20. The molecule has 0 unspecified atom stereocenters. The lowest BCUT2D eigenvalue weighted by Gasteiger charge is -2.24. The Morgan fingerprint density at radius 2 is 2.09 bits per heavy atom. The number of fused-ring (bicyclic) bond motifs is 1. The van der Waals surface area contributed by atoms with Crippen LogP contribution in [0.3, 0.4) is 0 Å². The minimum Gasteiger partial charge on any atom is -0.481 e. The molecule has 0 fully saturated rings. The highest BCUT2D eigenvalue weighted by Gasteiger charge is 2.30. The van der Waals surface area contributed by atoms with Gasteiger partial charge in [0.1, 0.15) is 5.75 Å². The van der Waals surface area contributed by atoms with Crippen molar-refractivity contribution in [3.63, 3.8) is 0 Å². The molecule has 2 aromatic carbocycles. The summed E-state index contributed by atoms with van der Waals surface area (Å²) in [5, 5.41) is 0.699. The van der Waals surface area contributed by atoms with Crippen molar-refractivity contribution < 1.29 is 9.53 Å². The van der Waals surface area contributed by atoms with Gasteiger partial charge in [-0.15, -0.1) is 0 Å². The summed E-state index contributed by atoms with van der Waals surface area (Å²) in [4.78, 5) is 14.7. The molecule has 0 bridgehead atoms. The third kappa shape index (κ3) is 3.20. The number of amides is 1. The summed E-state index contributed by atoms with van der Waals surface area (Å²) in [7, 11) is 0. The number of hydrogen-bond acceptors (Lipinski definition) is 2. The number of carbonyl (C=O) groups is 1. The van der Waals surface area contributed by atoms with Crippen molar-refractivity contribution >= 4 is 23.2 Å². The molecule has 0 spiro atoms. The zero-order valence-electron chi connectivity index (χ0n) is 13.4. The highest BCUT2D eigenvalue weighted by molar-refractivity contribution is 6.31. The van der Waals surface area contributed by atoms with Gasteiger partial charge in [-0.2, -0.15) is 0 Å². The molecule has 3 nitrogen and oxygen atoms in total. The molecule has 4 heteroatoms. The van der Waals surface area contributed by atoms with Crippen LogP contribution in [0.5, 0.6) is 5.75 Å². The van der Waals surface area contributed by atoms with Crippen LogP contribution in [0.2, 0.25) is 5.02 Å². The lowest BCUT2D eigenvalue weighted by Crippen LogP contribution is -2.41. The second-order valence-electron chi connectivity index (χ2n) is 5.79. The van der Waals surface area contributed by atoms with Crippen LogP contribution in [-0.2, 0) is 11.2 Å². The van der Waals surface area contributed by atoms with E-state index in [0.717, 1.165) is 24.2 Å². The van der Waals surface area contributed by atoms with Crippen molar-refractivity contribution in [1.29, 1.82) is 0 Å². The third-order valence-electron chi connectivity index (χ3n) is 4.21. The van der Waals surface area contributed by atoms with E-state index in [-0.39, 0.29) is 5.91 Å². The van der Waals surface area contributed by atoms with E-state index in [1.807, 2.05) is 49.1 Å². The molecular formula is C19H20ClNO2. The van der Waals surface area contributed by atoms with Gasteiger partial charge in [-0.3, -0.25) is 4.79 Å². The Morgan fingerprint density at radius 3 is 2.83 bits per heavy atom. The van der Waals surface area contributed by atoms with E-state index in [9.17, 15) is 4.79 Å².